The van der Waals surface area contributed by atoms with Gasteiger partial charge >= 0.3 is 0 Å². The lowest BCUT2D eigenvalue weighted by Gasteiger charge is -2.33. The van der Waals surface area contributed by atoms with Crippen LogP contribution in [0.2, 0.25) is 0 Å². The molecule has 29 heavy (non-hydrogen) atoms. The summed E-state index contributed by atoms with van der Waals surface area (Å²) in [5, 5.41) is 3.07. The molecule has 0 aromatic heterocycles. The van der Waals surface area contributed by atoms with E-state index < -0.39 is 0 Å². The van der Waals surface area contributed by atoms with E-state index in [1.54, 1.807) is 4.90 Å². The van der Waals surface area contributed by atoms with Crippen LogP contribution in [0.1, 0.15) is 34.8 Å². The van der Waals surface area contributed by atoms with Gasteiger partial charge in [0.15, 0.2) is 0 Å². The molecule has 2 aromatic rings. The standard InChI is InChI=1S/C23H28FN3O2/c1-26(2)21(17-7-4-3-5-8-17)15-25-22(28)19-9-6-14-27(16-19)23(29)18-10-12-20(24)13-11-18/h3-5,7-8,10-13,19,21H,6,9,14-16H2,1-2H3,(H,25,28). The maximum Gasteiger partial charge on any atom is 0.253 e. The largest absolute Gasteiger partial charge is 0.354 e. The lowest BCUT2D eigenvalue weighted by Crippen LogP contribution is -2.46. The fourth-order valence-corrected chi connectivity index (χ4v) is 3.77. The van der Waals surface area contributed by atoms with E-state index in [0.717, 1.165) is 18.4 Å². The number of hydrogen-bond donors (Lipinski definition) is 1. The van der Waals surface area contributed by atoms with Crippen molar-refractivity contribution in [1.82, 2.24) is 15.1 Å². The summed E-state index contributed by atoms with van der Waals surface area (Å²) in [7, 11) is 3.99. The highest BCUT2D eigenvalue weighted by Gasteiger charge is 2.29. The first-order valence-corrected chi connectivity index (χ1v) is 9.99. The lowest BCUT2D eigenvalue weighted by molar-refractivity contribution is -0.126. The molecule has 2 amide bonds. The van der Waals surface area contributed by atoms with E-state index in [2.05, 4.69) is 22.3 Å². The fraction of sp³-hybridized carbons (Fsp3) is 0.391. The second-order valence-electron chi connectivity index (χ2n) is 7.73. The Labute approximate surface area is 171 Å². The molecule has 2 atom stereocenters. The van der Waals surface area contributed by atoms with Crippen LogP contribution in [0.4, 0.5) is 4.39 Å². The molecule has 0 saturated carbocycles. The van der Waals surface area contributed by atoms with Crippen LogP contribution in [0.15, 0.2) is 54.6 Å². The van der Waals surface area contributed by atoms with Crippen LogP contribution in [0.3, 0.4) is 0 Å². The molecule has 6 heteroatoms. The van der Waals surface area contributed by atoms with Crippen molar-refractivity contribution in [2.45, 2.75) is 18.9 Å². The minimum atomic E-state index is -0.369. The van der Waals surface area contributed by atoms with Gasteiger partial charge in [-0.2, -0.15) is 0 Å². The normalized spacial score (nSPS) is 17.8. The number of carbonyl (C=O) groups is 2. The van der Waals surface area contributed by atoms with Gasteiger partial charge in [-0.15, -0.1) is 0 Å². The molecule has 0 spiro atoms. The molecule has 2 aromatic carbocycles. The molecule has 1 heterocycles. The third-order valence-corrected chi connectivity index (χ3v) is 5.45. The van der Waals surface area contributed by atoms with Crippen molar-refractivity contribution >= 4 is 11.8 Å². The first-order chi connectivity index (χ1) is 14.0. The van der Waals surface area contributed by atoms with E-state index in [1.807, 2.05) is 32.3 Å². The third kappa shape index (κ3) is 5.41. The maximum atomic E-state index is 13.1. The summed E-state index contributed by atoms with van der Waals surface area (Å²) in [4.78, 5) is 29.3. The van der Waals surface area contributed by atoms with Crippen molar-refractivity contribution in [3.8, 4) is 0 Å². The van der Waals surface area contributed by atoms with Gasteiger partial charge in [0.25, 0.3) is 5.91 Å². The first-order valence-electron chi connectivity index (χ1n) is 9.99. The van der Waals surface area contributed by atoms with Gasteiger partial charge in [-0.05, 0) is 56.8 Å². The Morgan fingerprint density at radius 2 is 1.83 bits per heavy atom. The molecule has 1 saturated heterocycles. The number of rotatable bonds is 6. The number of likely N-dealkylation sites (N-methyl/N-ethyl adjacent to an activating group) is 1. The van der Waals surface area contributed by atoms with Crippen molar-refractivity contribution in [3.05, 3.63) is 71.5 Å². The van der Waals surface area contributed by atoms with Gasteiger partial charge in [-0.25, -0.2) is 4.39 Å². The van der Waals surface area contributed by atoms with E-state index in [9.17, 15) is 14.0 Å². The summed E-state index contributed by atoms with van der Waals surface area (Å²) in [6, 6.07) is 15.7. The van der Waals surface area contributed by atoms with E-state index in [0.29, 0.717) is 25.2 Å². The van der Waals surface area contributed by atoms with Crippen LogP contribution >= 0.6 is 0 Å². The van der Waals surface area contributed by atoms with Gasteiger partial charge in [0.05, 0.1) is 12.0 Å². The highest BCUT2D eigenvalue weighted by atomic mass is 19.1. The zero-order valence-electron chi connectivity index (χ0n) is 17.0. The van der Waals surface area contributed by atoms with Gasteiger partial charge in [-0.1, -0.05) is 30.3 Å². The zero-order chi connectivity index (χ0) is 20.8. The van der Waals surface area contributed by atoms with Crippen molar-refractivity contribution in [3.63, 3.8) is 0 Å². The predicted molar refractivity (Wildman–Crippen MR) is 111 cm³/mol. The van der Waals surface area contributed by atoms with Crippen LogP contribution in [0, 0.1) is 11.7 Å². The van der Waals surface area contributed by atoms with Crippen molar-refractivity contribution < 1.29 is 14.0 Å². The molecular formula is C23H28FN3O2. The molecule has 1 aliphatic rings. The van der Waals surface area contributed by atoms with Crippen LogP contribution in [0.25, 0.3) is 0 Å². The van der Waals surface area contributed by atoms with Gasteiger partial charge < -0.3 is 15.1 Å². The number of benzene rings is 2. The van der Waals surface area contributed by atoms with Crippen LogP contribution in [-0.2, 0) is 4.79 Å². The molecule has 5 nitrogen and oxygen atoms in total. The fourth-order valence-electron chi connectivity index (χ4n) is 3.77. The Hall–Kier alpha value is -2.73. The summed E-state index contributed by atoms with van der Waals surface area (Å²) < 4.78 is 13.1. The summed E-state index contributed by atoms with van der Waals surface area (Å²) >= 11 is 0. The van der Waals surface area contributed by atoms with Crippen molar-refractivity contribution in [2.75, 3.05) is 33.7 Å². The number of halogens is 1. The second kappa shape index (κ2) is 9.65. The average molecular weight is 397 g/mol. The molecule has 0 radical (unpaired) electrons. The van der Waals surface area contributed by atoms with Crippen LogP contribution < -0.4 is 5.32 Å². The first kappa shape index (κ1) is 21.0. The Balaban J connectivity index is 1.59. The number of nitrogens with zero attached hydrogens (tertiary/aromatic N) is 2. The van der Waals surface area contributed by atoms with E-state index >= 15 is 0 Å². The summed E-state index contributed by atoms with van der Waals surface area (Å²) in [6.45, 7) is 1.52. The average Bonchev–Trinajstić information content (AvgIpc) is 2.74. The molecule has 1 fully saturated rings. The topological polar surface area (TPSA) is 52.7 Å². The van der Waals surface area contributed by atoms with E-state index in [1.165, 1.54) is 24.3 Å². The number of piperidine rings is 1. The second-order valence-corrected chi connectivity index (χ2v) is 7.73. The molecule has 3 rings (SSSR count). The minimum absolute atomic E-state index is 0.0237. The van der Waals surface area contributed by atoms with Gasteiger partial charge in [0, 0.05) is 25.2 Å². The summed E-state index contributed by atoms with van der Waals surface area (Å²) in [5.41, 5.74) is 1.60. The number of hydrogen-bond acceptors (Lipinski definition) is 3. The van der Waals surface area contributed by atoms with Gasteiger partial charge in [0.2, 0.25) is 5.91 Å². The molecule has 1 aliphatic heterocycles. The monoisotopic (exact) mass is 397 g/mol. The summed E-state index contributed by atoms with van der Waals surface area (Å²) in [6.07, 6.45) is 1.54. The molecule has 1 N–H and O–H groups in total. The molecule has 0 bridgehead atoms. The number of nitrogens with one attached hydrogen (secondary N) is 1. The Bertz CT molecular complexity index is 824. The number of likely N-dealkylation sites (tertiary alicyclic amines) is 1. The van der Waals surface area contributed by atoms with Crippen LogP contribution in [0.5, 0.6) is 0 Å². The number of amides is 2. The minimum Gasteiger partial charge on any atom is -0.354 e. The summed E-state index contributed by atoms with van der Waals surface area (Å²) in [5.74, 6) is -0.777. The number of carbonyl (C=O) groups excluding carboxylic acids is 2. The lowest BCUT2D eigenvalue weighted by atomic mass is 9.96. The zero-order valence-corrected chi connectivity index (χ0v) is 17.0. The Morgan fingerprint density at radius 3 is 2.48 bits per heavy atom. The van der Waals surface area contributed by atoms with E-state index in [-0.39, 0.29) is 29.6 Å². The smallest absolute Gasteiger partial charge is 0.253 e. The maximum absolute atomic E-state index is 13.1. The van der Waals surface area contributed by atoms with Gasteiger partial charge in [-0.3, -0.25) is 9.59 Å². The molecular weight excluding hydrogens is 369 g/mol. The van der Waals surface area contributed by atoms with Gasteiger partial charge in [0.1, 0.15) is 5.82 Å². The van der Waals surface area contributed by atoms with Crippen LogP contribution in [-0.4, -0.2) is 55.3 Å². The van der Waals surface area contributed by atoms with Crippen molar-refractivity contribution in [1.29, 1.82) is 0 Å². The quantitative estimate of drug-likeness (QED) is 0.815. The Kier molecular flexibility index (Phi) is 6.99. The SMILES string of the molecule is CN(C)C(CNC(=O)C1CCCN(C(=O)c2ccc(F)cc2)C1)c1ccccc1. The predicted octanol–water partition coefficient (Wildman–Crippen LogP) is 3.10. The highest BCUT2D eigenvalue weighted by Crippen LogP contribution is 2.21. The van der Waals surface area contributed by atoms with E-state index in [4.69, 9.17) is 0 Å². The Morgan fingerprint density at radius 1 is 1.14 bits per heavy atom. The molecule has 154 valence electrons. The molecule has 2 unspecified atom stereocenters. The molecule has 0 aliphatic carbocycles. The van der Waals surface area contributed by atoms with Crippen molar-refractivity contribution in [2.24, 2.45) is 5.92 Å². The third-order valence-electron chi connectivity index (χ3n) is 5.45. The highest BCUT2D eigenvalue weighted by molar-refractivity contribution is 5.94.